The van der Waals surface area contributed by atoms with Gasteiger partial charge in [-0.25, -0.2) is 9.97 Å². The lowest BCUT2D eigenvalue weighted by Crippen LogP contribution is -2.48. The summed E-state index contributed by atoms with van der Waals surface area (Å²) in [6.45, 7) is 9.24. The quantitative estimate of drug-likeness (QED) is 0.0889. The number of carboxylic acids is 1. The van der Waals surface area contributed by atoms with Gasteiger partial charge in [0.2, 0.25) is 5.91 Å². The van der Waals surface area contributed by atoms with Crippen LogP contribution in [-0.2, 0) is 21.4 Å². The minimum atomic E-state index is -1.01. The number of carbonyl (C=O) groups excluding carboxylic acids is 2. The Hall–Kier alpha value is -5.05. The zero-order chi connectivity index (χ0) is 37.1. The van der Waals surface area contributed by atoms with Crippen LogP contribution < -0.4 is 15.4 Å². The minimum Gasteiger partial charge on any atom is -0.493 e. The molecule has 1 unspecified atom stereocenters. The van der Waals surface area contributed by atoms with Crippen LogP contribution in [0.5, 0.6) is 5.75 Å². The van der Waals surface area contributed by atoms with E-state index in [1.165, 1.54) is 44.1 Å². The molecule has 0 spiro atoms. The van der Waals surface area contributed by atoms with Crippen molar-refractivity contribution in [3.63, 3.8) is 0 Å². The number of hydrogen-bond acceptors (Lipinski definition) is 6. The van der Waals surface area contributed by atoms with E-state index in [2.05, 4.69) is 66.5 Å². The van der Waals surface area contributed by atoms with Crippen molar-refractivity contribution in [2.45, 2.75) is 103 Å². The summed E-state index contributed by atoms with van der Waals surface area (Å²) < 4.78 is 6.22. The van der Waals surface area contributed by atoms with Gasteiger partial charge in [0.05, 0.1) is 13.0 Å². The Balaban J connectivity index is 1.24. The fourth-order valence-corrected chi connectivity index (χ4v) is 6.10. The van der Waals surface area contributed by atoms with Crippen LogP contribution in [0.15, 0.2) is 79.1 Å². The Morgan fingerprint density at radius 1 is 0.865 bits per heavy atom. The van der Waals surface area contributed by atoms with Crippen molar-refractivity contribution in [3.05, 3.63) is 101 Å². The molecule has 0 saturated heterocycles. The molecular weight excluding hydrogens is 652 g/mol. The fourth-order valence-electron chi connectivity index (χ4n) is 6.10. The van der Waals surface area contributed by atoms with Crippen LogP contribution in [0.4, 0.5) is 0 Å². The maximum absolute atomic E-state index is 13.2. The molecule has 5 rings (SSSR count). The topological polar surface area (TPSA) is 131 Å². The van der Waals surface area contributed by atoms with Crippen LogP contribution in [0.2, 0.25) is 0 Å². The molecule has 0 aliphatic heterocycles. The summed E-state index contributed by atoms with van der Waals surface area (Å²) in [5, 5.41) is 14.5. The molecule has 1 heterocycles. The van der Waals surface area contributed by atoms with Gasteiger partial charge >= 0.3 is 5.97 Å². The summed E-state index contributed by atoms with van der Waals surface area (Å²) >= 11 is 0. The van der Waals surface area contributed by atoms with E-state index in [4.69, 9.17) is 9.84 Å². The number of aliphatic carboxylic acids is 1. The molecule has 3 aromatic carbocycles. The molecule has 4 aromatic rings. The number of amides is 2. The van der Waals surface area contributed by atoms with Crippen molar-refractivity contribution in [1.29, 1.82) is 0 Å². The van der Waals surface area contributed by atoms with E-state index in [1.807, 2.05) is 48.8 Å². The van der Waals surface area contributed by atoms with E-state index in [0.717, 1.165) is 46.6 Å². The number of rotatable bonds is 18. The number of hydrogen-bond donors (Lipinski definition) is 3. The van der Waals surface area contributed by atoms with Crippen molar-refractivity contribution in [2.75, 3.05) is 13.2 Å². The maximum Gasteiger partial charge on any atom is 0.305 e. The van der Waals surface area contributed by atoms with Gasteiger partial charge in [-0.3, -0.25) is 14.4 Å². The fraction of sp³-hybridized carbons (Fsp3) is 0.419. The van der Waals surface area contributed by atoms with Crippen LogP contribution in [0, 0.1) is 0 Å². The third kappa shape index (κ3) is 11.0. The Morgan fingerprint density at radius 3 is 2.17 bits per heavy atom. The lowest BCUT2D eigenvalue weighted by Gasteiger charge is -2.20. The molecule has 1 fully saturated rings. The molecule has 52 heavy (non-hydrogen) atoms. The molecule has 9 nitrogen and oxygen atoms in total. The highest BCUT2D eigenvalue weighted by molar-refractivity contribution is 5.97. The molecule has 0 bridgehead atoms. The molecular formula is C43H52N4O5. The summed E-state index contributed by atoms with van der Waals surface area (Å²) in [4.78, 5) is 46.7. The molecule has 3 N–H and O–H groups in total. The molecule has 1 aliphatic rings. The van der Waals surface area contributed by atoms with Gasteiger partial charge < -0.3 is 20.5 Å². The van der Waals surface area contributed by atoms with Crippen molar-refractivity contribution in [2.24, 2.45) is 0 Å². The number of carbonyl (C=O) groups is 3. The molecule has 2 amide bonds. The van der Waals surface area contributed by atoms with Crippen molar-refractivity contribution < 1.29 is 24.2 Å². The largest absolute Gasteiger partial charge is 0.493 e. The number of nitrogens with one attached hydrogen (secondary N) is 2. The number of nitrogens with zero attached hydrogens (tertiary/aromatic N) is 2. The Kier molecular flexibility index (Phi) is 13.2. The molecule has 1 aromatic heterocycles. The summed E-state index contributed by atoms with van der Waals surface area (Å²) in [5.41, 5.74) is 6.39. The first-order chi connectivity index (χ1) is 25.0. The average Bonchev–Trinajstić information content (AvgIpc) is 3.99. The van der Waals surface area contributed by atoms with Gasteiger partial charge in [0.25, 0.3) is 5.91 Å². The van der Waals surface area contributed by atoms with Crippen molar-refractivity contribution in [1.82, 2.24) is 20.6 Å². The van der Waals surface area contributed by atoms with Gasteiger partial charge in [-0.15, -0.1) is 0 Å². The predicted molar refractivity (Wildman–Crippen MR) is 204 cm³/mol. The Bertz CT molecular complexity index is 1790. The molecule has 9 heteroatoms. The Morgan fingerprint density at radius 2 is 1.54 bits per heavy atom. The highest BCUT2D eigenvalue weighted by Crippen LogP contribution is 2.45. The van der Waals surface area contributed by atoms with Gasteiger partial charge in [0.1, 0.15) is 11.8 Å². The van der Waals surface area contributed by atoms with E-state index in [0.29, 0.717) is 17.3 Å². The smallest absolute Gasteiger partial charge is 0.305 e. The van der Waals surface area contributed by atoms with Gasteiger partial charge in [-0.1, -0.05) is 95.8 Å². The van der Waals surface area contributed by atoms with Crippen LogP contribution >= 0.6 is 0 Å². The minimum absolute atomic E-state index is 0.0356. The van der Waals surface area contributed by atoms with Gasteiger partial charge in [-0.2, -0.15) is 0 Å². The van der Waals surface area contributed by atoms with Crippen molar-refractivity contribution in [3.8, 4) is 28.3 Å². The van der Waals surface area contributed by atoms with Crippen molar-refractivity contribution >= 4 is 17.8 Å². The second kappa shape index (κ2) is 17.9. The highest BCUT2D eigenvalue weighted by Gasteiger charge is 2.27. The lowest BCUT2D eigenvalue weighted by atomic mass is 9.86. The molecule has 0 radical (unpaired) electrons. The number of ether oxygens (including phenoxy) is 1. The van der Waals surface area contributed by atoms with Gasteiger partial charge in [0, 0.05) is 42.0 Å². The molecule has 1 saturated carbocycles. The first-order valence-corrected chi connectivity index (χ1v) is 18.6. The number of benzene rings is 3. The third-order valence-corrected chi connectivity index (χ3v) is 9.44. The Labute approximate surface area is 307 Å². The summed E-state index contributed by atoms with van der Waals surface area (Å²) in [6.07, 6.45) is 12.1. The molecule has 1 atom stereocenters. The zero-order valence-corrected chi connectivity index (χ0v) is 30.9. The van der Waals surface area contributed by atoms with E-state index in [9.17, 15) is 14.4 Å². The SMILES string of the molecule is CCCCCCCOc1ccc(-c2cnc(-c3ccc(CC(NC(=O)c4ccc(C(C)(C)C)cc4)C(=O)NCCC(=O)O)cc3)nc2)cc1C1CC1. The number of unbranched alkanes of at least 4 members (excludes halogenated alkanes) is 4. The summed E-state index contributed by atoms with van der Waals surface area (Å²) in [7, 11) is 0. The summed E-state index contributed by atoms with van der Waals surface area (Å²) in [6, 6.07) is 20.4. The van der Waals surface area contributed by atoms with E-state index < -0.39 is 17.9 Å². The van der Waals surface area contributed by atoms with Crippen LogP contribution in [-0.4, -0.2) is 52.1 Å². The standard InChI is InChI=1S/C43H52N4O5/c1-5-6-7-8-9-24-52-38-21-18-33(26-36(38)30-14-15-30)34-27-45-40(46-28-34)31-12-10-29(11-13-31)25-37(42(51)44-23-22-39(48)49)47-41(50)32-16-19-35(20-17-32)43(2,3)4/h10-13,16-21,26-28,30,37H,5-9,14-15,22-25H2,1-4H3,(H,44,51)(H,47,50)(H,48,49). The van der Waals surface area contributed by atoms with Gasteiger partial charge in [-0.05, 0) is 77.1 Å². The zero-order valence-electron chi connectivity index (χ0n) is 30.9. The van der Waals surface area contributed by atoms with E-state index in [-0.39, 0.29) is 30.7 Å². The highest BCUT2D eigenvalue weighted by atomic mass is 16.5. The van der Waals surface area contributed by atoms with Gasteiger partial charge in [0.15, 0.2) is 5.82 Å². The first-order valence-electron chi connectivity index (χ1n) is 18.6. The number of carboxylic acid groups (broad SMARTS) is 1. The monoisotopic (exact) mass is 704 g/mol. The van der Waals surface area contributed by atoms with E-state index >= 15 is 0 Å². The predicted octanol–water partition coefficient (Wildman–Crippen LogP) is 8.27. The van der Waals surface area contributed by atoms with Crippen LogP contribution in [0.3, 0.4) is 0 Å². The normalized spacial score (nSPS) is 13.3. The molecule has 274 valence electrons. The number of aromatic nitrogens is 2. The van der Waals surface area contributed by atoms with Crippen LogP contribution in [0.1, 0.15) is 112 Å². The average molecular weight is 705 g/mol. The maximum atomic E-state index is 13.2. The summed E-state index contributed by atoms with van der Waals surface area (Å²) in [5.74, 6) is 0.283. The third-order valence-electron chi connectivity index (χ3n) is 9.44. The van der Waals surface area contributed by atoms with Crippen LogP contribution in [0.25, 0.3) is 22.5 Å². The first kappa shape index (κ1) is 38.2. The lowest BCUT2D eigenvalue weighted by molar-refractivity contribution is -0.137. The second-order valence-electron chi connectivity index (χ2n) is 14.8. The molecule has 1 aliphatic carbocycles. The second-order valence-corrected chi connectivity index (χ2v) is 14.8. The van der Waals surface area contributed by atoms with E-state index in [1.54, 1.807) is 12.1 Å².